The van der Waals surface area contributed by atoms with Crippen LogP contribution < -0.4 is 21.1 Å². The van der Waals surface area contributed by atoms with E-state index in [0.29, 0.717) is 5.75 Å². The van der Waals surface area contributed by atoms with Crippen molar-refractivity contribution in [2.75, 3.05) is 12.4 Å². The first-order valence-corrected chi connectivity index (χ1v) is 6.02. The number of hydrogen-bond acceptors (Lipinski definition) is 4. The number of nitrogens with one attached hydrogen (secondary N) is 3. The van der Waals surface area contributed by atoms with Crippen molar-refractivity contribution in [3.05, 3.63) is 52.3 Å². The fraction of sp³-hybridized carbons (Fsp3) is 0.154. The van der Waals surface area contributed by atoms with Crippen LogP contribution in [0.25, 0.3) is 0 Å². The van der Waals surface area contributed by atoms with Gasteiger partial charge in [-0.1, -0.05) is 18.2 Å². The molecule has 0 bridgehead atoms. The van der Waals surface area contributed by atoms with E-state index in [2.05, 4.69) is 20.6 Å². The Bertz CT molecular complexity index is 702. The molecule has 3 N–H and O–H groups in total. The molecule has 1 heterocycles. The van der Waals surface area contributed by atoms with Gasteiger partial charge in [0.15, 0.2) is 11.6 Å². The van der Waals surface area contributed by atoms with Crippen molar-refractivity contribution in [2.45, 2.75) is 6.54 Å². The maximum absolute atomic E-state index is 13.3. The van der Waals surface area contributed by atoms with E-state index >= 15 is 0 Å². The molecule has 0 atom stereocenters. The molecule has 21 heavy (non-hydrogen) atoms. The minimum absolute atomic E-state index is 0.181. The second-order valence-corrected chi connectivity index (χ2v) is 4.02. The van der Waals surface area contributed by atoms with Gasteiger partial charge in [-0.05, 0) is 6.07 Å². The van der Waals surface area contributed by atoms with Crippen molar-refractivity contribution >= 4 is 11.8 Å². The molecule has 0 fully saturated rings. The number of H-pyrrole nitrogens is 1. The summed E-state index contributed by atoms with van der Waals surface area (Å²) in [6.07, 6.45) is 0.825. The summed E-state index contributed by atoms with van der Waals surface area (Å²) in [4.78, 5) is 28.0. The van der Waals surface area contributed by atoms with Gasteiger partial charge in [-0.25, -0.2) is 14.0 Å². The highest BCUT2D eigenvalue weighted by Gasteiger charge is 2.09. The van der Waals surface area contributed by atoms with Gasteiger partial charge in [0, 0.05) is 18.3 Å². The zero-order chi connectivity index (χ0) is 15.2. The summed E-state index contributed by atoms with van der Waals surface area (Å²) in [5.74, 6) is -0.642. The van der Waals surface area contributed by atoms with Gasteiger partial charge in [-0.15, -0.1) is 0 Å². The van der Waals surface area contributed by atoms with Crippen LogP contribution in [0.3, 0.4) is 0 Å². The van der Waals surface area contributed by atoms with Gasteiger partial charge < -0.3 is 15.0 Å². The van der Waals surface area contributed by atoms with Crippen LogP contribution in [0.4, 0.5) is 15.0 Å². The lowest BCUT2D eigenvalue weighted by Crippen LogP contribution is -2.30. The topological polar surface area (TPSA) is 96.1 Å². The highest BCUT2D eigenvalue weighted by atomic mass is 19.1. The third kappa shape index (κ3) is 3.78. The number of methoxy groups -OCH3 is 1. The van der Waals surface area contributed by atoms with Crippen molar-refractivity contribution in [3.8, 4) is 5.75 Å². The number of rotatable bonds is 4. The fourth-order valence-corrected chi connectivity index (χ4v) is 1.64. The average Bonchev–Trinajstić information content (AvgIpc) is 2.49. The number of benzene rings is 1. The number of anilines is 1. The first kappa shape index (κ1) is 14.5. The highest BCUT2D eigenvalue weighted by molar-refractivity contribution is 5.88. The largest absolute Gasteiger partial charge is 0.496 e. The van der Waals surface area contributed by atoms with Gasteiger partial charge in [-0.2, -0.15) is 4.98 Å². The van der Waals surface area contributed by atoms with E-state index in [9.17, 15) is 14.0 Å². The molecule has 0 saturated heterocycles. The number of nitrogens with zero attached hydrogens (tertiary/aromatic N) is 1. The van der Waals surface area contributed by atoms with E-state index in [1.165, 1.54) is 7.11 Å². The van der Waals surface area contributed by atoms with Crippen molar-refractivity contribution in [1.29, 1.82) is 0 Å². The normalized spacial score (nSPS) is 10.0. The third-order valence-corrected chi connectivity index (χ3v) is 2.63. The number of para-hydroxylation sites is 1. The summed E-state index contributed by atoms with van der Waals surface area (Å²) < 4.78 is 18.5. The molecule has 0 aliphatic carbocycles. The zero-order valence-corrected chi connectivity index (χ0v) is 11.1. The van der Waals surface area contributed by atoms with Gasteiger partial charge >= 0.3 is 11.7 Å². The minimum Gasteiger partial charge on any atom is -0.496 e. The second kappa shape index (κ2) is 6.51. The predicted molar refractivity (Wildman–Crippen MR) is 73.7 cm³/mol. The quantitative estimate of drug-likeness (QED) is 0.790. The van der Waals surface area contributed by atoms with Crippen LogP contribution >= 0.6 is 0 Å². The van der Waals surface area contributed by atoms with Gasteiger partial charge in [0.05, 0.1) is 7.11 Å². The van der Waals surface area contributed by atoms with Crippen molar-refractivity contribution in [1.82, 2.24) is 15.3 Å². The van der Waals surface area contributed by atoms with Gasteiger partial charge in [0.25, 0.3) is 0 Å². The molecule has 110 valence electrons. The van der Waals surface area contributed by atoms with Crippen LogP contribution in [0.1, 0.15) is 5.56 Å². The van der Waals surface area contributed by atoms with E-state index in [0.717, 1.165) is 11.8 Å². The van der Waals surface area contributed by atoms with Crippen LogP contribution in [-0.2, 0) is 6.54 Å². The minimum atomic E-state index is -0.831. The molecule has 0 unspecified atom stereocenters. The van der Waals surface area contributed by atoms with E-state index in [4.69, 9.17) is 4.74 Å². The number of carbonyl (C=O) groups is 1. The Morgan fingerprint density at radius 3 is 2.95 bits per heavy atom. The summed E-state index contributed by atoms with van der Waals surface area (Å²) in [6, 6.07) is 6.46. The van der Waals surface area contributed by atoms with Gasteiger partial charge in [0.1, 0.15) is 5.75 Å². The lowest BCUT2D eigenvalue weighted by atomic mass is 10.2. The number of hydrogen-bond donors (Lipinski definition) is 3. The number of carbonyl (C=O) groups excluding carboxylic acids is 1. The van der Waals surface area contributed by atoms with Gasteiger partial charge in [0.2, 0.25) is 0 Å². The molecule has 7 nitrogen and oxygen atoms in total. The lowest BCUT2D eigenvalue weighted by molar-refractivity contribution is 0.251. The third-order valence-electron chi connectivity index (χ3n) is 2.63. The molecule has 1 aromatic heterocycles. The van der Waals surface area contributed by atoms with Crippen LogP contribution in [0.2, 0.25) is 0 Å². The van der Waals surface area contributed by atoms with Crippen LogP contribution in [0.5, 0.6) is 5.75 Å². The molecule has 0 spiro atoms. The molecular weight excluding hydrogens is 279 g/mol. The van der Waals surface area contributed by atoms with E-state index in [1.807, 2.05) is 0 Å². The van der Waals surface area contributed by atoms with Gasteiger partial charge in [-0.3, -0.25) is 5.32 Å². The number of aromatic nitrogens is 2. The Labute approximate surface area is 119 Å². The molecular formula is C13H13FN4O3. The van der Waals surface area contributed by atoms with Crippen LogP contribution in [-0.4, -0.2) is 23.1 Å². The van der Waals surface area contributed by atoms with Crippen LogP contribution in [0.15, 0.2) is 35.3 Å². The molecule has 0 saturated carbocycles. The van der Waals surface area contributed by atoms with Crippen LogP contribution in [0, 0.1) is 5.82 Å². The van der Waals surface area contributed by atoms with E-state index in [-0.39, 0.29) is 6.54 Å². The summed E-state index contributed by atoms with van der Waals surface area (Å²) in [7, 11) is 1.52. The first-order chi connectivity index (χ1) is 10.1. The Hall–Kier alpha value is -2.90. The predicted octanol–water partition coefficient (Wildman–Crippen LogP) is 1.24. The number of ether oxygens (including phenoxy) is 1. The number of aromatic amines is 1. The molecule has 1 aromatic carbocycles. The molecule has 0 aliphatic heterocycles. The number of urea groups is 1. The monoisotopic (exact) mass is 292 g/mol. The first-order valence-electron chi connectivity index (χ1n) is 6.02. The molecule has 2 amide bonds. The SMILES string of the molecule is COc1ccccc1CNC(=O)Nc1nc(=O)[nH]cc1F. The second-order valence-electron chi connectivity index (χ2n) is 4.02. The molecule has 0 aliphatic rings. The number of halogens is 1. The van der Waals surface area contributed by atoms with E-state index < -0.39 is 23.4 Å². The maximum Gasteiger partial charge on any atom is 0.347 e. The Kier molecular flexibility index (Phi) is 4.50. The summed E-state index contributed by atoms with van der Waals surface area (Å²) in [5, 5.41) is 4.68. The zero-order valence-electron chi connectivity index (χ0n) is 11.1. The Balaban J connectivity index is 1.99. The fourth-order valence-electron chi connectivity index (χ4n) is 1.64. The van der Waals surface area contributed by atoms with Crippen molar-refractivity contribution < 1.29 is 13.9 Å². The molecule has 2 rings (SSSR count). The van der Waals surface area contributed by atoms with Crippen molar-refractivity contribution in [2.24, 2.45) is 0 Å². The Morgan fingerprint density at radius 2 is 2.19 bits per heavy atom. The maximum atomic E-state index is 13.3. The average molecular weight is 292 g/mol. The summed E-state index contributed by atoms with van der Waals surface area (Å²) in [5.41, 5.74) is 0.00548. The summed E-state index contributed by atoms with van der Waals surface area (Å²) >= 11 is 0. The summed E-state index contributed by atoms with van der Waals surface area (Å²) in [6.45, 7) is 0.181. The highest BCUT2D eigenvalue weighted by Crippen LogP contribution is 2.16. The Morgan fingerprint density at radius 1 is 1.43 bits per heavy atom. The smallest absolute Gasteiger partial charge is 0.347 e. The van der Waals surface area contributed by atoms with E-state index in [1.54, 1.807) is 24.3 Å². The molecule has 0 radical (unpaired) electrons. The molecule has 8 heteroatoms. The molecule has 2 aromatic rings. The number of amides is 2. The van der Waals surface area contributed by atoms with Crippen molar-refractivity contribution in [3.63, 3.8) is 0 Å². The lowest BCUT2D eigenvalue weighted by Gasteiger charge is -2.10. The standard InChI is InChI=1S/C13H13FN4O3/c1-21-10-5-3-2-4-8(10)6-15-12(19)17-11-9(14)7-16-13(20)18-11/h2-5,7H,6H2,1H3,(H3,15,16,17,18,19,20).